The van der Waals surface area contributed by atoms with Crippen molar-refractivity contribution in [1.29, 1.82) is 0 Å². The molecule has 0 amide bonds. The van der Waals surface area contributed by atoms with Crippen LogP contribution >= 0.6 is 11.8 Å². The number of hydrogen-bond acceptors (Lipinski definition) is 4. The molecule has 0 radical (unpaired) electrons. The van der Waals surface area contributed by atoms with Crippen LogP contribution in [0.1, 0.15) is 19.7 Å². The van der Waals surface area contributed by atoms with Crippen LogP contribution in [0.5, 0.6) is 0 Å². The van der Waals surface area contributed by atoms with Gasteiger partial charge in [-0.2, -0.15) is 5.10 Å². The first-order valence-electron chi connectivity index (χ1n) is 4.36. The number of aliphatic carboxylic acids is 1. The number of thioether (sulfide) groups is 1. The minimum absolute atomic E-state index is 0.406. The van der Waals surface area contributed by atoms with E-state index in [2.05, 4.69) is 10.1 Å². The largest absolute Gasteiger partial charge is 0.480 e. The lowest BCUT2D eigenvalue weighted by Gasteiger charge is -2.05. The van der Waals surface area contributed by atoms with E-state index in [4.69, 9.17) is 5.11 Å². The van der Waals surface area contributed by atoms with Crippen molar-refractivity contribution < 1.29 is 9.90 Å². The molecule has 0 fully saturated rings. The van der Waals surface area contributed by atoms with Gasteiger partial charge in [0.05, 0.1) is 11.0 Å². The molecule has 1 N–H and O–H groups in total. The average molecular weight is 215 g/mol. The van der Waals surface area contributed by atoms with Crippen LogP contribution in [0.2, 0.25) is 0 Å². The highest BCUT2D eigenvalue weighted by Gasteiger charge is 2.12. The van der Waals surface area contributed by atoms with Crippen molar-refractivity contribution >= 4 is 17.7 Å². The number of hydrogen-bond donors (Lipinski definition) is 1. The molecule has 0 aromatic carbocycles. The number of carboxylic acids is 1. The Morgan fingerprint density at radius 2 is 2.50 bits per heavy atom. The first-order valence-corrected chi connectivity index (χ1v) is 5.41. The van der Waals surface area contributed by atoms with E-state index >= 15 is 0 Å². The zero-order valence-electron chi connectivity index (χ0n) is 8.17. The molecule has 78 valence electrons. The quantitative estimate of drug-likeness (QED) is 0.793. The Morgan fingerprint density at radius 3 is 3.07 bits per heavy atom. The molecule has 0 saturated carbocycles. The zero-order valence-corrected chi connectivity index (χ0v) is 8.99. The highest BCUT2D eigenvalue weighted by atomic mass is 32.2. The highest BCUT2D eigenvalue weighted by molar-refractivity contribution is 7.99. The molecule has 5 nitrogen and oxygen atoms in total. The normalized spacial score (nSPS) is 12.7. The molecule has 0 aliphatic heterocycles. The van der Waals surface area contributed by atoms with Crippen LogP contribution in [-0.4, -0.2) is 31.1 Å². The van der Waals surface area contributed by atoms with Crippen molar-refractivity contribution in [1.82, 2.24) is 14.8 Å². The summed E-state index contributed by atoms with van der Waals surface area (Å²) in [4.78, 5) is 14.6. The maximum absolute atomic E-state index is 10.5. The second-order valence-corrected chi connectivity index (χ2v) is 4.11. The molecule has 0 bridgehead atoms. The minimum Gasteiger partial charge on any atom is -0.480 e. The van der Waals surface area contributed by atoms with Crippen molar-refractivity contribution in [2.24, 2.45) is 0 Å². The van der Waals surface area contributed by atoms with Gasteiger partial charge in [-0.05, 0) is 13.8 Å². The Labute approximate surface area is 86.5 Å². The zero-order chi connectivity index (χ0) is 10.6. The van der Waals surface area contributed by atoms with Gasteiger partial charge in [-0.25, -0.2) is 9.67 Å². The van der Waals surface area contributed by atoms with Gasteiger partial charge in [-0.15, -0.1) is 11.8 Å². The third-order valence-electron chi connectivity index (χ3n) is 1.81. The molecule has 1 heterocycles. The molecule has 1 atom stereocenters. The number of aryl methyl sites for hydroxylation is 1. The van der Waals surface area contributed by atoms with Crippen molar-refractivity contribution in [3.63, 3.8) is 0 Å². The van der Waals surface area contributed by atoms with Crippen molar-refractivity contribution in [3.05, 3.63) is 12.2 Å². The maximum atomic E-state index is 10.5. The molecule has 1 aromatic heterocycles. The van der Waals surface area contributed by atoms with E-state index in [1.165, 1.54) is 18.1 Å². The highest BCUT2D eigenvalue weighted by Crippen LogP contribution is 2.15. The molecule has 0 spiro atoms. The van der Waals surface area contributed by atoms with Gasteiger partial charge >= 0.3 is 5.97 Å². The van der Waals surface area contributed by atoms with Crippen molar-refractivity contribution in [3.8, 4) is 0 Å². The molecule has 0 aliphatic carbocycles. The third-order valence-corrected chi connectivity index (χ3v) is 2.93. The Hall–Kier alpha value is -1.04. The number of rotatable bonds is 5. The molecule has 1 aromatic rings. The number of nitrogens with zero attached hydrogens (tertiary/aromatic N) is 3. The summed E-state index contributed by atoms with van der Waals surface area (Å²) >= 11 is 1.35. The van der Waals surface area contributed by atoms with Gasteiger partial charge in [-0.3, -0.25) is 4.79 Å². The summed E-state index contributed by atoms with van der Waals surface area (Å²) < 4.78 is 1.77. The van der Waals surface area contributed by atoms with E-state index in [1.54, 1.807) is 11.6 Å². The van der Waals surface area contributed by atoms with Crippen LogP contribution in [0.3, 0.4) is 0 Å². The second-order valence-electron chi connectivity index (χ2n) is 2.78. The monoisotopic (exact) mass is 215 g/mol. The van der Waals surface area contributed by atoms with Gasteiger partial charge in [0.1, 0.15) is 12.2 Å². The molecule has 0 aliphatic rings. The fraction of sp³-hybridized carbons (Fsp3) is 0.625. The lowest BCUT2D eigenvalue weighted by Crippen LogP contribution is -2.12. The molecule has 0 saturated heterocycles. The predicted octanol–water partition coefficient (Wildman–Crippen LogP) is 1.00. The van der Waals surface area contributed by atoms with Crippen molar-refractivity contribution in [2.45, 2.75) is 31.4 Å². The van der Waals surface area contributed by atoms with Crippen molar-refractivity contribution in [2.75, 3.05) is 0 Å². The lowest BCUT2D eigenvalue weighted by atomic mass is 10.5. The molecule has 6 heteroatoms. The fourth-order valence-corrected chi connectivity index (χ4v) is 1.70. The summed E-state index contributed by atoms with van der Waals surface area (Å²) in [7, 11) is 0. The summed E-state index contributed by atoms with van der Waals surface area (Å²) in [5.74, 6) is 0.615. The summed E-state index contributed by atoms with van der Waals surface area (Å²) in [5, 5.41) is 12.3. The van der Waals surface area contributed by atoms with Crippen LogP contribution in [0.15, 0.2) is 6.33 Å². The Bertz CT molecular complexity index is 313. The van der Waals surface area contributed by atoms with Gasteiger partial charge in [0.25, 0.3) is 0 Å². The van der Waals surface area contributed by atoms with E-state index in [0.29, 0.717) is 5.75 Å². The van der Waals surface area contributed by atoms with E-state index in [1.807, 2.05) is 6.92 Å². The fourth-order valence-electron chi connectivity index (χ4n) is 0.935. The Balaban J connectivity index is 2.49. The number of aromatic nitrogens is 3. The first-order chi connectivity index (χ1) is 6.65. The van der Waals surface area contributed by atoms with Gasteiger partial charge in [-0.1, -0.05) is 0 Å². The first kappa shape index (κ1) is 11.0. The average Bonchev–Trinajstić information content (AvgIpc) is 2.60. The molecule has 1 unspecified atom stereocenters. The molecular formula is C8H13N3O2S. The second kappa shape index (κ2) is 4.99. The van der Waals surface area contributed by atoms with Gasteiger partial charge in [0.15, 0.2) is 0 Å². The SMILES string of the molecule is CCn1ncnc1CSC(C)C(=O)O. The van der Waals surface area contributed by atoms with Gasteiger partial charge < -0.3 is 5.11 Å². The standard InChI is InChI=1S/C8H13N3O2S/c1-3-11-7(9-5-10-11)4-14-6(2)8(12)13/h5-6H,3-4H2,1-2H3,(H,12,13). The van der Waals surface area contributed by atoms with Crippen LogP contribution < -0.4 is 0 Å². The summed E-state index contributed by atoms with van der Waals surface area (Å²) in [6.07, 6.45) is 1.49. The lowest BCUT2D eigenvalue weighted by molar-refractivity contribution is -0.136. The number of carbonyl (C=O) groups is 1. The van der Waals surface area contributed by atoms with Crippen LogP contribution in [-0.2, 0) is 17.1 Å². The summed E-state index contributed by atoms with van der Waals surface area (Å²) in [6.45, 7) is 4.40. The van der Waals surface area contributed by atoms with Gasteiger partial charge in [0, 0.05) is 6.54 Å². The summed E-state index contributed by atoms with van der Waals surface area (Å²) in [6, 6.07) is 0. The van der Waals surface area contributed by atoms with E-state index in [0.717, 1.165) is 12.4 Å². The van der Waals surface area contributed by atoms with E-state index < -0.39 is 11.2 Å². The maximum Gasteiger partial charge on any atom is 0.316 e. The van der Waals surface area contributed by atoms with E-state index in [9.17, 15) is 4.79 Å². The molecular weight excluding hydrogens is 202 g/mol. The van der Waals surface area contributed by atoms with E-state index in [-0.39, 0.29) is 0 Å². The van der Waals surface area contributed by atoms with Crippen LogP contribution in [0.25, 0.3) is 0 Å². The Kier molecular flexibility index (Phi) is 3.94. The molecule has 14 heavy (non-hydrogen) atoms. The predicted molar refractivity (Wildman–Crippen MR) is 54.1 cm³/mol. The van der Waals surface area contributed by atoms with Crippen LogP contribution in [0.4, 0.5) is 0 Å². The topological polar surface area (TPSA) is 68.0 Å². The smallest absolute Gasteiger partial charge is 0.316 e. The minimum atomic E-state index is -0.794. The van der Waals surface area contributed by atoms with Gasteiger partial charge in [0.2, 0.25) is 0 Å². The summed E-state index contributed by atoms with van der Waals surface area (Å²) in [5.41, 5.74) is 0. The Morgan fingerprint density at radius 1 is 1.79 bits per heavy atom. The third kappa shape index (κ3) is 2.73. The van der Waals surface area contributed by atoms with Crippen LogP contribution in [0, 0.1) is 0 Å². The number of carboxylic acid groups (broad SMARTS) is 1. The molecule has 1 rings (SSSR count).